The summed E-state index contributed by atoms with van der Waals surface area (Å²) >= 11 is 1.84. The molecule has 0 saturated carbocycles. The van der Waals surface area contributed by atoms with Crippen LogP contribution >= 0.6 is 11.3 Å². The maximum absolute atomic E-state index is 5.86. The molecule has 1 unspecified atom stereocenters. The molecule has 1 aromatic carbocycles. The van der Waals surface area contributed by atoms with Crippen molar-refractivity contribution in [2.75, 3.05) is 6.61 Å². The summed E-state index contributed by atoms with van der Waals surface area (Å²) in [5.41, 5.74) is 2.62. The summed E-state index contributed by atoms with van der Waals surface area (Å²) in [6.07, 6.45) is 1.22. The highest BCUT2D eigenvalue weighted by molar-refractivity contribution is 7.10. The molecule has 0 N–H and O–H groups in total. The lowest BCUT2D eigenvalue weighted by atomic mass is 9.99. The number of rotatable bonds is 1. The van der Waals surface area contributed by atoms with Crippen LogP contribution in [0.15, 0.2) is 41.8 Å². The maximum atomic E-state index is 5.86. The molecule has 15 heavy (non-hydrogen) atoms. The molecule has 0 amide bonds. The Bertz CT molecular complexity index is 447. The van der Waals surface area contributed by atoms with Crippen molar-refractivity contribution in [2.24, 2.45) is 0 Å². The highest BCUT2D eigenvalue weighted by atomic mass is 32.1. The minimum absolute atomic E-state index is 0.154. The third-order valence-corrected chi connectivity index (χ3v) is 3.77. The molecule has 1 nitrogen and oxygen atoms in total. The van der Waals surface area contributed by atoms with Crippen molar-refractivity contribution in [1.29, 1.82) is 0 Å². The summed E-state index contributed by atoms with van der Waals surface area (Å²) in [7, 11) is 0. The summed E-state index contributed by atoms with van der Waals surface area (Å²) in [6.45, 7) is 0.840. The van der Waals surface area contributed by atoms with Gasteiger partial charge in [0.2, 0.25) is 0 Å². The molecule has 0 aliphatic carbocycles. The second kappa shape index (κ2) is 3.80. The van der Waals surface area contributed by atoms with Gasteiger partial charge >= 0.3 is 0 Å². The predicted octanol–water partition coefficient (Wildman–Crippen LogP) is 3.41. The van der Waals surface area contributed by atoms with Crippen LogP contribution in [0.2, 0.25) is 0 Å². The van der Waals surface area contributed by atoms with Gasteiger partial charge in [-0.3, -0.25) is 0 Å². The topological polar surface area (TPSA) is 9.23 Å². The van der Waals surface area contributed by atoms with Gasteiger partial charge < -0.3 is 4.74 Å². The van der Waals surface area contributed by atoms with E-state index in [-0.39, 0.29) is 6.10 Å². The Morgan fingerprint density at radius 2 is 2.00 bits per heavy atom. The first-order valence-corrected chi connectivity index (χ1v) is 6.06. The molecular weight excluding hydrogens is 204 g/mol. The Morgan fingerprint density at radius 3 is 2.87 bits per heavy atom. The first kappa shape index (κ1) is 9.13. The fourth-order valence-corrected chi connectivity index (χ4v) is 2.94. The van der Waals surface area contributed by atoms with E-state index < -0.39 is 0 Å². The van der Waals surface area contributed by atoms with E-state index in [9.17, 15) is 0 Å². The van der Waals surface area contributed by atoms with Gasteiger partial charge in [-0.05, 0) is 22.6 Å². The molecule has 0 radical (unpaired) electrons. The highest BCUT2D eigenvalue weighted by Gasteiger charge is 2.22. The Morgan fingerprint density at radius 1 is 1.13 bits per heavy atom. The molecule has 3 rings (SSSR count). The van der Waals surface area contributed by atoms with Crippen molar-refractivity contribution in [2.45, 2.75) is 12.5 Å². The van der Waals surface area contributed by atoms with Crippen molar-refractivity contribution in [3.63, 3.8) is 0 Å². The molecule has 1 atom stereocenters. The molecule has 2 heteroatoms. The average Bonchev–Trinajstić information content (AvgIpc) is 2.78. The van der Waals surface area contributed by atoms with Gasteiger partial charge in [-0.25, -0.2) is 0 Å². The fraction of sp³-hybridized carbons (Fsp3) is 0.231. The molecule has 0 fully saturated rings. The zero-order valence-corrected chi connectivity index (χ0v) is 9.17. The van der Waals surface area contributed by atoms with E-state index in [1.54, 1.807) is 0 Å². The molecule has 0 saturated heterocycles. The summed E-state index contributed by atoms with van der Waals surface area (Å²) in [5.74, 6) is 0. The highest BCUT2D eigenvalue weighted by Crippen LogP contribution is 2.35. The summed E-state index contributed by atoms with van der Waals surface area (Å²) in [5, 5.41) is 2.16. The van der Waals surface area contributed by atoms with Crippen molar-refractivity contribution in [3.8, 4) is 0 Å². The second-order valence-corrected chi connectivity index (χ2v) is 4.71. The molecule has 1 aliphatic heterocycles. The van der Waals surface area contributed by atoms with E-state index >= 15 is 0 Å². The Kier molecular flexibility index (Phi) is 2.31. The Hall–Kier alpha value is -1.12. The molecule has 0 bridgehead atoms. The molecule has 2 aromatic rings. The first-order valence-electron chi connectivity index (χ1n) is 5.18. The van der Waals surface area contributed by atoms with Gasteiger partial charge in [0.05, 0.1) is 6.61 Å². The quantitative estimate of drug-likeness (QED) is 0.709. The van der Waals surface area contributed by atoms with Crippen LogP contribution < -0.4 is 0 Å². The minimum Gasteiger partial charge on any atom is -0.368 e. The second-order valence-electron chi connectivity index (χ2n) is 3.71. The molecular formula is C13H12OS. The van der Waals surface area contributed by atoms with Crippen molar-refractivity contribution >= 4 is 11.3 Å². The lowest BCUT2D eigenvalue weighted by Gasteiger charge is -2.23. The monoisotopic (exact) mass is 216 g/mol. The van der Waals surface area contributed by atoms with Crippen LogP contribution in [0, 0.1) is 0 Å². The van der Waals surface area contributed by atoms with Crippen molar-refractivity contribution in [1.82, 2.24) is 0 Å². The van der Waals surface area contributed by atoms with Gasteiger partial charge in [0.25, 0.3) is 0 Å². The molecule has 2 heterocycles. The van der Waals surface area contributed by atoms with Crippen LogP contribution in [0.4, 0.5) is 0 Å². The smallest absolute Gasteiger partial charge is 0.109 e. The standard InChI is InChI=1S/C13H12OS/c1-2-4-10(5-3-1)13-11-7-9-15-12(11)6-8-14-13/h1-5,7,9,13H,6,8H2. The molecule has 76 valence electrons. The van der Waals surface area contributed by atoms with Crippen LogP contribution in [0.1, 0.15) is 22.1 Å². The van der Waals surface area contributed by atoms with E-state index in [4.69, 9.17) is 4.74 Å². The van der Waals surface area contributed by atoms with Crippen LogP contribution in [0.5, 0.6) is 0 Å². The van der Waals surface area contributed by atoms with Crippen LogP contribution in [-0.2, 0) is 11.2 Å². The van der Waals surface area contributed by atoms with Crippen LogP contribution in [0.25, 0.3) is 0 Å². The molecule has 1 aromatic heterocycles. The Labute approximate surface area is 93.3 Å². The number of hydrogen-bond donors (Lipinski definition) is 0. The van der Waals surface area contributed by atoms with E-state index in [0.717, 1.165) is 13.0 Å². The van der Waals surface area contributed by atoms with Gasteiger partial charge in [-0.1, -0.05) is 30.3 Å². The summed E-state index contributed by atoms with van der Waals surface area (Å²) in [6, 6.07) is 12.6. The van der Waals surface area contributed by atoms with Crippen LogP contribution in [-0.4, -0.2) is 6.61 Å². The summed E-state index contributed by atoms with van der Waals surface area (Å²) in [4.78, 5) is 1.48. The van der Waals surface area contributed by atoms with Gasteiger partial charge in [-0.2, -0.15) is 0 Å². The third kappa shape index (κ3) is 1.60. The molecule has 1 aliphatic rings. The molecule has 0 spiro atoms. The first-order chi connectivity index (χ1) is 7.45. The number of hydrogen-bond acceptors (Lipinski definition) is 2. The van der Waals surface area contributed by atoms with Gasteiger partial charge in [-0.15, -0.1) is 11.3 Å². The summed E-state index contributed by atoms with van der Waals surface area (Å²) < 4.78 is 5.86. The van der Waals surface area contributed by atoms with E-state index in [2.05, 4.69) is 35.7 Å². The average molecular weight is 216 g/mol. The number of fused-ring (bicyclic) bond motifs is 1. The van der Waals surface area contributed by atoms with E-state index in [1.165, 1.54) is 16.0 Å². The zero-order valence-electron chi connectivity index (χ0n) is 8.35. The van der Waals surface area contributed by atoms with E-state index in [0.29, 0.717) is 0 Å². The fourth-order valence-electron chi connectivity index (χ4n) is 2.05. The largest absolute Gasteiger partial charge is 0.368 e. The van der Waals surface area contributed by atoms with Crippen LogP contribution in [0.3, 0.4) is 0 Å². The lowest BCUT2D eigenvalue weighted by Crippen LogP contribution is -2.14. The Balaban J connectivity index is 2.03. The van der Waals surface area contributed by atoms with E-state index in [1.807, 2.05) is 17.4 Å². The SMILES string of the molecule is c1ccc(C2OCCc3sccc32)cc1. The number of ether oxygens (including phenoxy) is 1. The number of thiophene rings is 1. The van der Waals surface area contributed by atoms with Gasteiger partial charge in [0, 0.05) is 11.3 Å². The normalized spacial score (nSPS) is 19.9. The van der Waals surface area contributed by atoms with Gasteiger partial charge in [0.1, 0.15) is 6.10 Å². The lowest BCUT2D eigenvalue weighted by molar-refractivity contribution is 0.0712. The number of benzene rings is 1. The predicted molar refractivity (Wildman–Crippen MR) is 62.3 cm³/mol. The minimum atomic E-state index is 0.154. The third-order valence-electron chi connectivity index (χ3n) is 2.78. The van der Waals surface area contributed by atoms with Crippen molar-refractivity contribution in [3.05, 3.63) is 57.8 Å². The zero-order chi connectivity index (χ0) is 10.1. The maximum Gasteiger partial charge on any atom is 0.109 e. The van der Waals surface area contributed by atoms with Crippen molar-refractivity contribution < 1.29 is 4.74 Å². The van der Waals surface area contributed by atoms with Gasteiger partial charge in [0.15, 0.2) is 0 Å².